The SMILES string of the molecule is C=C1CC(C)C(C)(C(C)=O)C1. The third-order valence-corrected chi connectivity index (χ3v) is 3.10. The van der Waals surface area contributed by atoms with E-state index in [-0.39, 0.29) is 5.41 Å². The van der Waals surface area contributed by atoms with E-state index >= 15 is 0 Å². The summed E-state index contributed by atoms with van der Waals surface area (Å²) in [6, 6.07) is 0. The van der Waals surface area contributed by atoms with E-state index in [1.807, 2.05) is 0 Å². The molecule has 0 N–H and O–H groups in total. The molecule has 0 spiro atoms. The van der Waals surface area contributed by atoms with Crippen molar-refractivity contribution in [2.75, 3.05) is 0 Å². The molecule has 2 unspecified atom stereocenters. The van der Waals surface area contributed by atoms with Crippen molar-refractivity contribution in [2.24, 2.45) is 11.3 Å². The molecule has 0 aromatic rings. The summed E-state index contributed by atoms with van der Waals surface area (Å²) >= 11 is 0. The molecule has 0 saturated heterocycles. The Hall–Kier alpha value is -0.590. The first-order valence-corrected chi connectivity index (χ1v) is 4.14. The molecular formula is C10H16O. The quantitative estimate of drug-likeness (QED) is 0.528. The van der Waals surface area contributed by atoms with Gasteiger partial charge in [0.05, 0.1) is 0 Å². The highest BCUT2D eigenvalue weighted by molar-refractivity contribution is 5.83. The maximum absolute atomic E-state index is 11.3. The minimum absolute atomic E-state index is 0.114. The zero-order chi connectivity index (χ0) is 8.65. The van der Waals surface area contributed by atoms with Gasteiger partial charge in [0, 0.05) is 5.41 Å². The number of hydrogen-bond acceptors (Lipinski definition) is 1. The highest BCUT2D eigenvalue weighted by atomic mass is 16.1. The van der Waals surface area contributed by atoms with Crippen molar-refractivity contribution in [2.45, 2.75) is 33.6 Å². The van der Waals surface area contributed by atoms with E-state index in [0.717, 1.165) is 12.8 Å². The first kappa shape index (κ1) is 8.51. The van der Waals surface area contributed by atoms with Gasteiger partial charge in [-0.25, -0.2) is 0 Å². The first-order valence-electron chi connectivity index (χ1n) is 4.14. The smallest absolute Gasteiger partial charge is 0.136 e. The van der Waals surface area contributed by atoms with Crippen LogP contribution in [-0.2, 0) is 4.79 Å². The number of rotatable bonds is 1. The third kappa shape index (κ3) is 1.24. The number of Topliss-reactive ketones (excluding diaryl/α,β-unsaturated/α-hetero) is 1. The van der Waals surface area contributed by atoms with Gasteiger partial charge in [0.25, 0.3) is 0 Å². The van der Waals surface area contributed by atoms with E-state index in [1.54, 1.807) is 6.92 Å². The van der Waals surface area contributed by atoms with Crippen LogP contribution in [0.15, 0.2) is 12.2 Å². The Labute approximate surface area is 68.5 Å². The molecule has 1 aliphatic carbocycles. The summed E-state index contributed by atoms with van der Waals surface area (Å²) < 4.78 is 0. The molecule has 1 nitrogen and oxygen atoms in total. The third-order valence-electron chi connectivity index (χ3n) is 3.10. The molecule has 1 heteroatoms. The van der Waals surface area contributed by atoms with Crippen molar-refractivity contribution in [1.29, 1.82) is 0 Å². The highest BCUT2D eigenvalue weighted by Crippen LogP contribution is 2.45. The molecule has 62 valence electrons. The van der Waals surface area contributed by atoms with Crippen molar-refractivity contribution in [1.82, 2.24) is 0 Å². The molecule has 1 aliphatic rings. The minimum Gasteiger partial charge on any atom is -0.299 e. The lowest BCUT2D eigenvalue weighted by molar-refractivity contribution is -0.127. The predicted molar refractivity (Wildman–Crippen MR) is 46.3 cm³/mol. The molecule has 1 rings (SSSR count). The maximum Gasteiger partial charge on any atom is 0.136 e. The standard InChI is InChI=1S/C10H16O/c1-7-5-8(2)10(4,6-7)9(3)11/h8H,1,5-6H2,2-4H3. The summed E-state index contributed by atoms with van der Waals surface area (Å²) in [4.78, 5) is 11.3. The second-order valence-corrected chi connectivity index (χ2v) is 4.01. The van der Waals surface area contributed by atoms with Crippen LogP contribution >= 0.6 is 0 Å². The zero-order valence-electron chi connectivity index (χ0n) is 7.61. The molecule has 2 atom stereocenters. The summed E-state index contributed by atoms with van der Waals surface area (Å²) in [6.45, 7) is 9.81. The van der Waals surface area contributed by atoms with Crippen molar-refractivity contribution < 1.29 is 4.79 Å². The normalized spacial score (nSPS) is 37.7. The Morgan fingerprint density at radius 1 is 1.73 bits per heavy atom. The molecule has 1 fully saturated rings. The van der Waals surface area contributed by atoms with Gasteiger partial charge in [0.15, 0.2) is 0 Å². The molecule has 0 aromatic heterocycles. The van der Waals surface area contributed by atoms with Gasteiger partial charge in [-0.2, -0.15) is 0 Å². The molecule has 0 radical (unpaired) electrons. The van der Waals surface area contributed by atoms with E-state index in [2.05, 4.69) is 20.4 Å². The lowest BCUT2D eigenvalue weighted by Crippen LogP contribution is -2.27. The van der Waals surface area contributed by atoms with Crippen LogP contribution in [-0.4, -0.2) is 5.78 Å². The Kier molecular flexibility index (Phi) is 1.91. The molecule has 0 bridgehead atoms. The average Bonchev–Trinajstić information content (AvgIpc) is 2.08. The van der Waals surface area contributed by atoms with E-state index in [9.17, 15) is 4.79 Å². The Morgan fingerprint density at radius 2 is 2.27 bits per heavy atom. The van der Waals surface area contributed by atoms with Crippen LogP contribution in [0.4, 0.5) is 0 Å². The van der Waals surface area contributed by atoms with Gasteiger partial charge >= 0.3 is 0 Å². The number of carbonyl (C=O) groups is 1. The van der Waals surface area contributed by atoms with Crippen LogP contribution in [0.25, 0.3) is 0 Å². The van der Waals surface area contributed by atoms with Gasteiger partial charge in [-0.1, -0.05) is 26.0 Å². The van der Waals surface area contributed by atoms with Gasteiger partial charge in [-0.3, -0.25) is 4.79 Å². The number of carbonyl (C=O) groups excluding carboxylic acids is 1. The molecule has 0 amide bonds. The molecule has 0 heterocycles. The fourth-order valence-electron chi connectivity index (χ4n) is 1.90. The van der Waals surface area contributed by atoms with Gasteiger partial charge in [-0.15, -0.1) is 0 Å². The summed E-state index contributed by atoms with van der Waals surface area (Å²) in [5, 5.41) is 0. The van der Waals surface area contributed by atoms with E-state index in [4.69, 9.17) is 0 Å². The fourth-order valence-corrected chi connectivity index (χ4v) is 1.90. The van der Waals surface area contributed by atoms with E-state index in [1.165, 1.54) is 5.57 Å². The van der Waals surface area contributed by atoms with Crippen LogP contribution < -0.4 is 0 Å². The second-order valence-electron chi connectivity index (χ2n) is 4.01. The zero-order valence-corrected chi connectivity index (χ0v) is 7.61. The van der Waals surface area contributed by atoms with E-state index in [0.29, 0.717) is 11.7 Å². The topological polar surface area (TPSA) is 17.1 Å². The van der Waals surface area contributed by atoms with Gasteiger partial charge in [0.1, 0.15) is 5.78 Å². The number of allylic oxidation sites excluding steroid dienone is 1. The van der Waals surface area contributed by atoms with Crippen molar-refractivity contribution in [3.8, 4) is 0 Å². The van der Waals surface area contributed by atoms with Crippen LogP contribution in [0.2, 0.25) is 0 Å². The Bertz CT molecular complexity index is 205. The summed E-state index contributed by atoms with van der Waals surface area (Å²) in [7, 11) is 0. The molecule has 0 aliphatic heterocycles. The number of hydrogen-bond donors (Lipinski definition) is 0. The summed E-state index contributed by atoms with van der Waals surface area (Å²) in [6.07, 6.45) is 1.92. The summed E-state index contributed by atoms with van der Waals surface area (Å²) in [5.41, 5.74) is 1.12. The van der Waals surface area contributed by atoms with Crippen LogP contribution in [0, 0.1) is 11.3 Å². The first-order chi connectivity index (χ1) is 4.97. The van der Waals surface area contributed by atoms with Gasteiger partial charge in [0.2, 0.25) is 0 Å². The average molecular weight is 152 g/mol. The number of ketones is 1. The lowest BCUT2D eigenvalue weighted by atomic mass is 9.78. The predicted octanol–water partition coefficient (Wildman–Crippen LogP) is 2.57. The van der Waals surface area contributed by atoms with Gasteiger partial charge in [-0.05, 0) is 25.7 Å². The van der Waals surface area contributed by atoms with E-state index < -0.39 is 0 Å². The fraction of sp³-hybridized carbons (Fsp3) is 0.700. The largest absolute Gasteiger partial charge is 0.299 e. The van der Waals surface area contributed by atoms with Crippen molar-refractivity contribution in [3.63, 3.8) is 0 Å². The molecule has 1 saturated carbocycles. The van der Waals surface area contributed by atoms with Crippen molar-refractivity contribution >= 4 is 5.78 Å². The monoisotopic (exact) mass is 152 g/mol. The second kappa shape index (κ2) is 2.47. The van der Waals surface area contributed by atoms with Gasteiger partial charge < -0.3 is 0 Å². The highest BCUT2D eigenvalue weighted by Gasteiger charge is 2.41. The summed E-state index contributed by atoms with van der Waals surface area (Å²) in [5.74, 6) is 0.788. The maximum atomic E-state index is 11.3. The van der Waals surface area contributed by atoms with Crippen LogP contribution in [0.5, 0.6) is 0 Å². The van der Waals surface area contributed by atoms with Crippen LogP contribution in [0.3, 0.4) is 0 Å². The molecule has 0 aromatic carbocycles. The minimum atomic E-state index is -0.114. The lowest BCUT2D eigenvalue weighted by Gasteiger charge is -2.24. The Morgan fingerprint density at radius 3 is 2.45 bits per heavy atom. The Balaban J connectivity index is 2.87. The molecular weight excluding hydrogens is 136 g/mol. The van der Waals surface area contributed by atoms with Crippen LogP contribution in [0.1, 0.15) is 33.6 Å². The van der Waals surface area contributed by atoms with Crippen molar-refractivity contribution in [3.05, 3.63) is 12.2 Å². The molecule has 11 heavy (non-hydrogen) atoms.